The Labute approximate surface area is 113 Å². The minimum absolute atomic E-state index is 0.0117. The second kappa shape index (κ2) is 4.86. The molecular formula is C12H13BrClNO2. The van der Waals surface area contributed by atoms with Crippen LogP contribution in [0.1, 0.15) is 23.2 Å². The van der Waals surface area contributed by atoms with E-state index in [1.165, 1.54) is 12.1 Å². The third-order valence-corrected chi connectivity index (χ3v) is 4.57. The summed E-state index contributed by atoms with van der Waals surface area (Å²) in [6.07, 6.45) is 2.30. The average molecular weight is 319 g/mol. The number of rotatable bonds is 4. The Hall–Kier alpha value is -0.740. The highest BCUT2D eigenvalue weighted by Crippen LogP contribution is 2.46. The molecule has 17 heavy (non-hydrogen) atoms. The van der Waals surface area contributed by atoms with Crippen molar-refractivity contribution in [1.29, 1.82) is 0 Å². The van der Waals surface area contributed by atoms with Crippen LogP contribution in [0.15, 0.2) is 18.2 Å². The number of alkyl halides is 1. The maximum Gasteiger partial charge on any atom is 0.251 e. The minimum atomic E-state index is -0.154. The van der Waals surface area contributed by atoms with E-state index in [0.29, 0.717) is 12.1 Å². The molecule has 1 aromatic rings. The Balaban J connectivity index is 1.97. The van der Waals surface area contributed by atoms with Gasteiger partial charge in [-0.2, -0.15) is 0 Å². The van der Waals surface area contributed by atoms with Gasteiger partial charge in [0.2, 0.25) is 0 Å². The van der Waals surface area contributed by atoms with E-state index >= 15 is 0 Å². The van der Waals surface area contributed by atoms with Gasteiger partial charge in [0.1, 0.15) is 5.75 Å². The molecule has 0 heterocycles. The van der Waals surface area contributed by atoms with Crippen molar-refractivity contribution in [3.05, 3.63) is 28.8 Å². The maximum absolute atomic E-state index is 11.8. The molecule has 0 bridgehead atoms. The molecule has 2 rings (SSSR count). The lowest BCUT2D eigenvalue weighted by molar-refractivity contribution is 0.0946. The summed E-state index contributed by atoms with van der Waals surface area (Å²) in [5, 5.41) is 13.3. The van der Waals surface area contributed by atoms with E-state index in [1.54, 1.807) is 6.07 Å². The fourth-order valence-corrected chi connectivity index (χ4v) is 2.49. The van der Waals surface area contributed by atoms with Crippen molar-refractivity contribution in [2.24, 2.45) is 5.41 Å². The van der Waals surface area contributed by atoms with E-state index in [-0.39, 0.29) is 22.1 Å². The van der Waals surface area contributed by atoms with Gasteiger partial charge in [0, 0.05) is 17.4 Å². The highest BCUT2D eigenvalue weighted by molar-refractivity contribution is 9.09. The first-order chi connectivity index (χ1) is 8.06. The molecule has 1 amide bonds. The second-order valence-electron chi connectivity index (χ2n) is 4.48. The minimum Gasteiger partial charge on any atom is -0.506 e. The molecular weight excluding hydrogens is 305 g/mol. The first kappa shape index (κ1) is 12.7. The highest BCUT2D eigenvalue weighted by atomic mass is 79.9. The summed E-state index contributed by atoms with van der Waals surface area (Å²) in [6, 6.07) is 4.46. The smallest absolute Gasteiger partial charge is 0.251 e. The summed E-state index contributed by atoms with van der Waals surface area (Å²) in [6.45, 7) is 0.676. The number of nitrogens with one attached hydrogen (secondary N) is 1. The van der Waals surface area contributed by atoms with Gasteiger partial charge in [-0.05, 0) is 36.5 Å². The van der Waals surface area contributed by atoms with Crippen LogP contribution in [-0.4, -0.2) is 22.9 Å². The van der Waals surface area contributed by atoms with Crippen molar-refractivity contribution in [2.45, 2.75) is 12.8 Å². The van der Waals surface area contributed by atoms with Gasteiger partial charge in [-0.1, -0.05) is 27.5 Å². The predicted molar refractivity (Wildman–Crippen MR) is 70.9 cm³/mol. The number of phenolic OH excluding ortho intramolecular Hbond substituents is 1. The standard InChI is InChI=1S/C12H13BrClNO2/c13-6-12(3-4-12)7-15-11(17)8-1-2-10(16)9(14)5-8/h1-2,5,16H,3-4,6-7H2,(H,15,17). The summed E-state index contributed by atoms with van der Waals surface area (Å²) in [5.41, 5.74) is 0.717. The zero-order valence-corrected chi connectivity index (χ0v) is 11.5. The van der Waals surface area contributed by atoms with Gasteiger partial charge in [0.15, 0.2) is 0 Å². The molecule has 0 atom stereocenters. The van der Waals surface area contributed by atoms with Gasteiger partial charge in [-0.15, -0.1) is 0 Å². The first-order valence-electron chi connectivity index (χ1n) is 5.39. The van der Waals surface area contributed by atoms with Gasteiger partial charge in [0.25, 0.3) is 5.91 Å². The van der Waals surface area contributed by atoms with E-state index in [9.17, 15) is 9.90 Å². The van der Waals surface area contributed by atoms with Crippen LogP contribution in [-0.2, 0) is 0 Å². The van der Waals surface area contributed by atoms with Crippen molar-refractivity contribution in [2.75, 3.05) is 11.9 Å². The molecule has 0 radical (unpaired) electrons. The number of benzene rings is 1. The molecule has 92 valence electrons. The summed E-state index contributed by atoms with van der Waals surface area (Å²) in [4.78, 5) is 11.8. The number of aromatic hydroxyl groups is 1. The van der Waals surface area contributed by atoms with Gasteiger partial charge in [-0.25, -0.2) is 0 Å². The number of phenols is 1. The van der Waals surface area contributed by atoms with Crippen molar-refractivity contribution in [3.8, 4) is 5.75 Å². The maximum atomic E-state index is 11.8. The quantitative estimate of drug-likeness (QED) is 0.839. The van der Waals surface area contributed by atoms with Crippen LogP contribution in [0, 0.1) is 5.41 Å². The van der Waals surface area contributed by atoms with Crippen LogP contribution in [0.3, 0.4) is 0 Å². The molecule has 3 nitrogen and oxygen atoms in total. The molecule has 0 aliphatic heterocycles. The van der Waals surface area contributed by atoms with Crippen LogP contribution in [0.2, 0.25) is 5.02 Å². The topological polar surface area (TPSA) is 49.3 Å². The number of halogens is 2. The molecule has 5 heteroatoms. The summed E-state index contributed by atoms with van der Waals surface area (Å²) in [5.74, 6) is -0.165. The molecule has 1 saturated carbocycles. The normalized spacial score (nSPS) is 16.6. The SMILES string of the molecule is O=C(NCC1(CBr)CC1)c1ccc(O)c(Cl)c1. The van der Waals surface area contributed by atoms with E-state index in [4.69, 9.17) is 11.6 Å². The van der Waals surface area contributed by atoms with E-state index in [0.717, 1.165) is 18.2 Å². The summed E-state index contributed by atoms with van der Waals surface area (Å²) in [7, 11) is 0. The summed E-state index contributed by atoms with van der Waals surface area (Å²) < 4.78 is 0. The van der Waals surface area contributed by atoms with Crippen molar-refractivity contribution in [1.82, 2.24) is 5.32 Å². The third-order valence-electron chi connectivity index (χ3n) is 3.07. The van der Waals surface area contributed by atoms with Crippen LogP contribution in [0.5, 0.6) is 5.75 Å². The van der Waals surface area contributed by atoms with Crippen molar-refractivity contribution < 1.29 is 9.90 Å². The number of hydrogen-bond acceptors (Lipinski definition) is 2. The molecule has 0 spiro atoms. The number of amides is 1. The Morgan fingerprint density at radius 2 is 2.24 bits per heavy atom. The number of hydrogen-bond donors (Lipinski definition) is 2. The Morgan fingerprint density at radius 1 is 1.53 bits per heavy atom. The van der Waals surface area contributed by atoms with E-state index in [2.05, 4.69) is 21.2 Å². The lowest BCUT2D eigenvalue weighted by atomic mass is 10.1. The Kier molecular flexibility index (Phi) is 3.64. The monoisotopic (exact) mass is 317 g/mol. The summed E-state index contributed by atoms with van der Waals surface area (Å²) >= 11 is 9.21. The molecule has 0 saturated heterocycles. The Bertz CT molecular complexity index is 446. The third kappa shape index (κ3) is 2.93. The van der Waals surface area contributed by atoms with E-state index < -0.39 is 0 Å². The van der Waals surface area contributed by atoms with Crippen LogP contribution >= 0.6 is 27.5 Å². The molecule has 1 fully saturated rings. The van der Waals surface area contributed by atoms with Gasteiger partial charge < -0.3 is 10.4 Å². The van der Waals surface area contributed by atoms with Crippen LogP contribution in [0.4, 0.5) is 0 Å². The molecule has 2 N–H and O–H groups in total. The zero-order chi connectivity index (χ0) is 12.5. The lowest BCUT2D eigenvalue weighted by Gasteiger charge is -2.12. The molecule has 1 aliphatic rings. The fourth-order valence-electron chi connectivity index (χ4n) is 1.55. The number of carbonyl (C=O) groups excluding carboxylic acids is 1. The second-order valence-corrected chi connectivity index (χ2v) is 5.45. The Morgan fingerprint density at radius 3 is 2.76 bits per heavy atom. The largest absolute Gasteiger partial charge is 0.506 e. The lowest BCUT2D eigenvalue weighted by Crippen LogP contribution is -2.30. The van der Waals surface area contributed by atoms with Crippen LogP contribution in [0.25, 0.3) is 0 Å². The number of carbonyl (C=O) groups is 1. The van der Waals surface area contributed by atoms with Gasteiger partial charge in [-0.3, -0.25) is 4.79 Å². The van der Waals surface area contributed by atoms with Gasteiger partial charge >= 0.3 is 0 Å². The fraction of sp³-hybridized carbons (Fsp3) is 0.417. The molecule has 0 aromatic heterocycles. The van der Waals surface area contributed by atoms with Crippen molar-refractivity contribution >= 4 is 33.4 Å². The first-order valence-corrected chi connectivity index (χ1v) is 6.89. The molecule has 0 unspecified atom stereocenters. The predicted octanol–water partition coefficient (Wildman–Crippen LogP) is 2.95. The molecule has 1 aliphatic carbocycles. The van der Waals surface area contributed by atoms with E-state index in [1.807, 2.05) is 0 Å². The zero-order valence-electron chi connectivity index (χ0n) is 9.17. The molecule has 1 aromatic carbocycles. The van der Waals surface area contributed by atoms with Crippen molar-refractivity contribution in [3.63, 3.8) is 0 Å². The van der Waals surface area contributed by atoms with Gasteiger partial charge in [0.05, 0.1) is 5.02 Å². The highest BCUT2D eigenvalue weighted by Gasteiger charge is 2.41. The average Bonchev–Trinajstić information content (AvgIpc) is 3.10. The van der Waals surface area contributed by atoms with Crippen LogP contribution < -0.4 is 5.32 Å².